The third kappa shape index (κ3) is 3.66. The average molecular weight is 452 g/mol. The largest absolute Gasteiger partial charge is 0.293 e. The minimum absolute atomic E-state index is 0.265. The molecule has 0 aromatic heterocycles. The summed E-state index contributed by atoms with van der Waals surface area (Å²) in [5.74, 6) is -0.713. The van der Waals surface area contributed by atoms with Crippen LogP contribution in [-0.4, -0.2) is 28.4 Å². The van der Waals surface area contributed by atoms with Crippen LogP contribution in [0.4, 0.5) is 4.79 Å². The second kappa shape index (κ2) is 7.73. The number of rotatable bonds is 4. The van der Waals surface area contributed by atoms with E-state index in [0.717, 1.165) is 37.5 Å². The molecule has 0 N–H and O–H groups in total. The zero-order valence-electron chi connectivity index (χ0n) is 14.6. The topological polar surface area (TPSA) is 54.5 Å². The van der Waals surface area contributed by atoms with Gasteiger partial charge in [0.2, 0.25) is 0 Å². The molecule has 28 heavy (non-hydrogen) atoms. The minimum Gasteiger partial charge on any atom is -0.292 e. The van der Waals surface area contributed by atoms with Crippen molar-refractivity contribution in [3.8, 4) is 0 Å². The number of imide groups is 1. The highest BCUT2D eigenvalue weighted by Gasteiger charge is 2.36. The second-order valence-electron chi connectivity index (χ2n) is 6.27. The molecular weight excluding hydrogens is 438 g/mol. The van der Waals surface area contributed by atoms with Crippen LogP contribution in [0.3, 0.4) is 0 Å². The van der Waals surface area contributed by atoms with Crippen molar-refractivity contribution in [2.24, 2.45) is 0 Å². The van der Waals surface area contributed by atoms with Crippen LogP contribution in [-0.2, 0) is 4.79 Å². The highest BCUT2D eigenvalue weighted by molar-refractivity contribution is 9.10. The van der Waals surface area contributed by atoms with Crippen LogP contribution in [0, 0.1) is 0 Å². The molecule has 0 radical (unpaired) electrons. The van der Waals surface area contributed by atoms with E-state index in [1.54, 1.807) is 30.3 Å². The summed E-state index contributed by atoms with van der Waals surface area (Å²) in [6, 6.07) is 20.5. The van der Waals surface area contributed by atoms with Crippen LogP contribution < -0.4 is 0 Å². The lowest BCUT2D eigenvalue weighted by molar-refractivity contribution is -0.122. The summed E-state index contributed by atoms with van der Waals surface area (Å²) in [4.78, 5) is 38.9. The van der Waals surface area contributed by atoms with Crippen LogP contribution in [0.15, 0.2) is 76.1 Å². The monoisotopic (exact) mass is 451 g/mol. The fourth-order valence-electron chi connectivity index (χ4n) is 3.02. The molecule has 138 valence electrons. The molecule has 1 fully saturated rings. The zero-order valence-corrected chi connectivity index (χ0v) is 17.0. The number of carbonyl (C=O) groups is 3. The first-order chi connectivity index (χ1) is 13.5. The van der Waals surface area contributed by atoms with Crippen molar-refractivity contribution < 1.29 is 14.4 Å². The van der Waals surface area contributed by atoms with Gasteiger partial charge in [-0.05, 0) is 46.3 Å². The summed E-state index contributed by atoms with van der Waals surface area (Å²) in [6.45, 7) is -0.265. The van der Waals surface area contributed by atoms with Gasteiger partial charge in [0.15, 0.2) is 5.78 Å². The Morgan fingerprint density at radius 1 is 0.964 bits per heavy atom. The van der Waals surface area contributed by atoms with Crippen molar-refractivity contribution in [3.05, 3.63) is 87.2 Å². The summed E-state index contributed by atoms with van der Waals surface area (Å²) < 4.78 is 0.855. The molecule has 6 heteroatoms. The predicted octanol–water partition coefficient (Wildman–Crippen LogP) is 5.52. The SMILES string of the molecule is O=C(CN1C(=O)SC(=Cc2cccc3ccccc23)C1=O)c1ccc(Br)cc1. The predicted molar refractivity (Wildman–Crippen MR) is 115 cm³/mol. The maximum absolute atomic E-state index is 12.7. The van der Waals surface area contributed by atoms with E-state index in [4.69, 9.17) is 0 Å². The number of benzene rings is 3. The Labute approximate surface area is 174 Å². The van der Waals surface area contributed by atoms with Gasteiger partial charge in [-0.3, -0.25) is 19.3 Å². The molecule has 1 saturated heterocycles. The summed E-state index contributed by atoms with van der Waals surface area (Å²) >= 11 is 4.18. The van der Waals surface area contributed by atoms with Gasteiger partial charge in [0.25, 0.3) is 11.1 Å². The van der Waals surface area contributed by atoms with E-state index < -0.39 is 11.1 Å². The minimum atomic E-state index is -0.437. The van der Waals surface area contributed by atoms with E-state index in [0.29, 0.717) is 10.5 Å². The fourth-order valence-corrected chi connectivity index (χ4v) is 4.12. The number of amides is 2. The lowest BCUT2D eigenvalue weighted by Crippen LogP contribution is -2.33. The van der Waals surface area contributed by atoms with Crippen LogP contribution in [0.1, 0.15) is 15.9 Å². The molecule has 3 aromatic carbocycles. The van der Waals surface area contributed by atoms with Crippen molar-refractivity contribution in [1.29, 1.82) is 0 Å². The number of thioether (sulfide) groups is 1. The first-order valence-corrected chi connectivity index (χ1v) is 10.2. The van der Waals surface area contributed by atoms with Crippen LogP contribution in [0.2, 0.25) is 0 Å². The third-order valence-electron chi connectivity index (χ3n) is 4.45. The van der Waals surface area contributed by atoms with Gasteiger partial charge in [0, 0.05) is 10.0 Å². The molecule has 1 aliphatic rings. The van der Waals surface area contributed by atoms with Gasteiger partial charge < -0.3 is 0 Å². The molecular formula is C22H14BrNO3S. The highest BCUT2D eigenvalue weighted by Crippen LogP contribution is 2.33. The number of ketones is 1. The molecule has 4 nitrogen and oxygen atoms in total. The average Bonchev–Trinajstić information content (AvgIpc) is 2.96. The van der Waals surface area contributed by atoms with Gasteiger partial charge in [0.05, 0.1) is 11.4 Å². The van der Waals surface area contributed by atoms with Crippen molar-refractivity contribution in [2.45, 2.75) is 0 Å². The highest BCUT2D eigenvalue weighted by atomic mass is 79.9. The third-order valence-corrected chi connectivity index (χ3v) is 5.89. The summed E-state index contributed by atoms with van der Waals surface area (Å²) in [5.41, 5.74) is 1.32. The van der Waals surface area contributed by atoms with E-state index in [2.05, 4.69) is 15.9 Å². The molecule has 0 aliphatic carbocycles. The number of carbonyl (C=O) groups excluding carboxylic acids is 3. The van der Waals surface area contributed by atoms with Crippen molar-refractivity contribution >= 4 is 61.5 Å². The van der Waals surface area contributed by atoms with E-state index >= 15 is 0 Å². The number of Topliss-reactive ketones (excluding diaryl/α,β-unsaturated/α-hetero) is 1. The lowest BCUT2D eigenvalue weighted by atomic mass is 10.0. The van der Waals surface area contributed by atoms with Crippen molar-refractivity contribution in [3.63, 3.8) is 0 Å². The van der Waals surface area contributed by atoms with Gasteiger partial charge in [-0.2, -0.15) is 0 Å². The molecule has 4 rings (SSSR count). The van der Waals surface area contributed by atoms with Gasteiger partial charge in [-0.25, -0.2) is 0 Å². The molecule has 3 aromatic rings. The summed E-state index contributed by atoms with van der Waals surface area (Å²) in [6.07, 6.45) is 1.72. The van der Waals surface area contributed by atoms with Gasteiger partial charge in [0.1, 0.15) is 0 Å². The summed E-state index contributed by atoms with van der Waals surface area (Å²) in [7, 11) is 0. The van der Waals surface area contributed by atoms with Crippen LogP contribution >= 0.6 is 27.7 Å². The Morgan fingerprint density at radius 3 is 2.46 bits per heavy atom. The smallest absolute Gasteiger partial charge is 0.292 e. The van der Waals surface area contributed by atoms with Crippen molar-refractivity contribution in [2.75, 3.05) is 6.54 Å². The Bertz CT molecular complexity index is 1130. The van der Waals surface area contributed by atoms with E-state index in [1.807, 2.05) is 42.5 Å². The summed E-state index contributed by atoms with van der Waals surface area (Å²) in [5, 5.41) is 1.63. The van der Waals surface area contributed by atoms with Crippen LogP contribution in [0.25, 0.3) is 16.8 Å². The fraction of sp³-hybridized carbons (Fsp3) is 0.0455. The van der Waals surface area contributed by atoms with Crippen LogP contribution in [0.5, 0.6) is 0 Å². The second-order valence-corrected chi connectivity index (χ2v) is 8.18. The number of hydrogen-bond donors (Lipinski definition) is 0. The quantitative estimate of drug-likeness (QED) is 0.386. The molecule has 0 spiro atoms. The van der Waals surface area contributed by atoms with E-state index in [9.17, 15) is 14.4 Å². The molecule has 0 saturated carbocycles. The number of hydrogen-bond acceptors (Lipinski definition) is 4. The first-order valence-electron chi connectivity index (χ1n) is 8.55. The standard InChI is InChI=1S/C22H14BrNO3S/c23-17-10-8-15(9-11-17)19(25)13-24-21(26)20(28-22(24)27)12-16-6-3-5-14-4-1-2-7-18(14)16/h1-12H,13H2. The van der Waals surface area contributed by atoms with Gasteiger partial charge in [-0.15, -0.1) is 0 Å². The maximum Gasteiger partial charge on any atom is 0.293 e. The molecule has 2 amide bonds. The molecule has 0 bridgehead atoms. The molecule has 0 atom stereocenters. The molecule has 0 unspecified atom stereocenters. The Hall–Kier alpha value is -2.70. The zero-order chi connectivity index (χ0) is 19.7. The van der Waals surface area contributed by atoms with Gasteiger partial charge in [-0.1, -0.05) is 70.5 Å². The Kier molecular flexibility index (Phi) is 5.15. The Balaban J connectivity index is 1.59. The Morgan fingerprint density at radius 2 is 1.68 bits per heavy atom. The van der Waals surface area contributed by atoms with Crippen molar-refractivity contribution in [1.82, 2.24) is 4.90 Å². The van der Waals surface area contributed by atoms with E-state index in [1.165, 1.54) is 0 Å². The maximum atomic E-state index is 12.7. The number of nitrogens with zero attached hydrogens (tertiary/aromatic N) is 1. The molecule has 1 aliphatic heterocycles. The van der Waals surface area contributed by atoms with Gasteiger partial charge >= 0.3 is 0 Å². The number of fused-ring (bicyclic) bond motifs is 1. The number of halogens is 1. The lowest BCUT2D eigenvalue weighted by Gasteiger charge is -2.11. The van der Waals surface area contributed by atoms with E-state index in [-0.39, 0.29) is 12.3 Å². The normalized spacial score (nSPS) is 15.6. The molecule has 1 heterocycles. The first kappa shape index (κ1) is 18.7.